The van der Waals surface area contributed by atoms with Crippen molar-refractivity contribution in [3.8, 4) is 17.2 Å². The molecule has 0 aliphatic rings. The minimum atomic E-state index is -0.358. The van der Waals surface area contributed by atoms with Crippen molar-refractivity contribution in [3.05, 3.63) is 83.4 Å². The van der Waals surface area contributed by atoms with Crippen LogP contribution in [0.1, 0.15) is 21.5 Å². The fourth-order valence-electron chi connectivity index (χ4n) is 4.32. The summed E-state index contributed by atoms with van der Waals surface area (Å²) in [5.74, 6) is 1.63. The van der Waals surface area contributed by atoms with Crippen molar-refractivity contribution in [1.29, 1.82) is 0 Å². The number of hydrogen-bond acceptors (Lipinski definition) is 8. The highest BCUT2D eigenvalue weighted by Crippen LogP contribution is 2.31. The van der Waals surface area contributed by atoms with Crippen LogP contribution in [0.15, 0.2) is 71.8 Å². The number of nitrogens with zero attached hydrogens (tertiary/aromatic N) is 4. The molecule has 0 unspecified atom stereocenters. The van der Waals surface area contributed by atoms with Crippen LogP contribution in [-0.4, -0.2) is 54.6 Å². The number of aromatic nitrogens is 3. The van der Waals surface area contributed by atoms with Crippen LogP contribution in [0.5, 0.6) is 17.2 Å². The van der Waals surface area contributed by atoms with Gasteiger partial charge < -0.3 is 25.3 Å². The lowest BCUT2D eigenvalue weighted by molar-refractivity contribution is 0.0956. The molecule has 2 heterocycles. The van der Waals surface area contributed by atoms with Gasteiger partial charge in [0.25, 0.3) is 5.91 Å². The van der Waals surface area contributed by atoms with E-state index >= 15 is 0 Å². The van der Waals surface area contributed by atoms with Crippen molar-refractivity contribution in [2.24, 2.45) is 5.10 Å². The van der Waals surface area contributed by atoms with Crippen LogP contribution >= 0.6 is 0 Å². The van der Waals surface area contributed by atoms with Gasteiger partial charge in [-0.2, -0.15) is 9.78 Å². The highest BCUT2D eigenvalue weighted by Gasteiger charge is 2.24. The zero-order chi connectivity index (χ0) is 27.4. The van der Waals surface area contributed by atoms with E-state index in [0.717, 1.165) is 11.3 Å². The van der Waals surface area contributed by atoms with Crippen LogP contribution in [0.3, 0.4) is 0 Å². The lowest BCUT2D eigenvalue weighted by Crippen LogP contribution is -2.26. The number of hydrogen-bond donors (Lipinski definition) is 2. The molecule has 39 heavy (non-hydrogen) atoms. The smallest absolute Gasteiger partial charge is 0.257 e. The molecule has 0 saturated heterocycles. The lowest BCUT2D eigenvalue weighted by Gasteiger charge is -2.09. The van der Waals surface area contributed by atoms with Gasteiger partial charge in [-0.1, -0.05) is 30.3 Å². The molecule has 0 fully saturated rings. The Bertz CT molecular complexity index is 1680. The summed E-state index contributed by atoms with van der Waals surface area (Å²) < 4.78 is 17.5. The molecule has 0 saturated carbocycles. The van der Waals surface area contributed by atoms with E-state index in [9.17, 15) is 4.79 Å². The van der Waals surface area contributed by atoms with E-state index in [1.165, 1.54) is 4.68 Å². The van der Waals surface area contributed by atoms with Crippen molar-refractivity contribution >= 4 is 40.1 Å². The molecule has 5 rings (SSSR count). The number of nitrogens with one attached hydrogen (secondary N) is 1. The summed E-state index contributed by atoms with van der Waals surface area (Å²) in [7, 11) is 4.75. The fourth-order valence-corrected chi connectivity index (χ4v) is 4.32. The Balaban J connectivity index is 1.51. The first-order valence-electron chi connectivity index (χ1n) is 12.3. The van der Waals surface area contributed by atoms with E-state index in [-0.39, 0.29) is 17.3 Å². The predicted octanol–water partition coefficient (Wildman–Crippen LogP) is 4.05. The van der Waals surface area contributed by atoms with Gasteiger partial charge in [0.05, 0.1) is 38.6 Å². The second-order valence-corrected chi connectivity index (χ2v) is 8.64. The molecule has 10 heteroatoms. The third-order valence-electron chi connectivity index (χ3n) is 6.30. The molecular formula is C29H28N6O4. The summed E-state index contributed by atoms with van der Waals surface area (Å²) in [6.07, 6.45) is 2.22. The molecule has 0 bridgehead atoms. The number of methoxy groups -OCH3 is 3. The SMILES string of the molecule is COc1ccc(CCNC(=O)c2c(N)n(/N=C/c3cccc(OC)c3OC)c3nc4ccccc4nc23)cc1. The molecule has 2 aromatic heterocycles. The average Bonchev–Trinajstić information content (AvgIpc) is 3.24. The van der Waals surface area contributed by atoms with Crippen molar-refractivity contribution in [2.45, 2.75) is 6.42 Å². The normalized spacial score (nSPS) is 11.3. The van der Waals surface area contributed by atoms with Crippen molar-refractivity contribution in [1.82, 2.24) is 20.0 Å². The zero-order valence-corrected chi connectivity index (χ0v) is 21.8. The van der Waals surface area contributed by atoms with E-state index < -0.39 is 0 Å². The molecule has 0 aliphatic carbocycles. The van der Waals surface area contributed by atoms with Crippen LogP contribution in [0.2, 0.25) is 0 Å². The summed E-state index contributed by atoms with van der Waals surface area (Å²) >= 11 is 0. The number of nitrogens with two attached hydrogens (primary N) is 1. The molecule has 0 radical (unpaired) electrons. The van der Waals surface area contributed by atoms with Crippen LogP contribution in [0.25, 0.3) is 22.2 Å². The summed E-state index contributed by atoms with van der Waals surface area (Å²) in [6.45, 7) is 0.405. The Hall–Kier alpha value is -5.12. The number of anilines is 1. The van der Waals surface area contributed by atoms with Gasteiger partial charge in [-0.25, -0.2) is 9.97 Å². The standard InChI is InChI=1S/C29H28N6O4/c1-37-20-13-11-18(12-14-20)15-16-31-29(36)24-25-28(34-22-9-5-4-8-21(22)33-25)35(27(24)30)32-17-19-7-6-10-23(38-2)26(19)39-3/h4-14,17H,15-16,30H2,1-3H3,(H,31,36)/b32-17+. The molecule has 0 spiro atoms. The van der Waals surface area contributed by atoms with Gasteiger partial charge in [0.1, 0.15) is 22.6 Å². The van der Waals surface area contributed by atoms with Gasteiger partial charge in [-0.05, 0) is 48.4 Å². The number of carbonyl (C=O) groups excluding carboxylic acids is 1. The number of rotatable bonds is 9. The van der Waals surface area contributed by atoms with E-state index in [1.54, 1.807) is 33.6 Å². The number of carbonyl (C=O) groups is 1. The zero-order valence-electron chi connectivity index (χ0n) is 21.8. The quantitative estimate of drug-likeness (QED) is 0.279. The Morgan fingerprint density at radius 2 is 1.69 bits per heavy atom. The summed E-state index contributed by atoms with van der Waals surface area (Å²) in [5.41, 5.74) is 10.5. The number of ether oxygens (including phenoxy) is 3. The lowest BCUT2D eigenvalue weighted by atomic mass is 10.1. The van der Waals surface area contributed by atoms with Crippen LogP contribution in [0, 0.1) is 0 Å². The van der Waals surface area contributed by atoms with Gasteiger partial charge in [0.2, 0.25) is 0 Å². The van der Waals surface area contributed by atoms with Gasteiger partial charge in [-0.3, -0.25) is 4.79 Å². The average molecular weight is 525 g/mol. The topological polar surface area (TPSA) is 126 Å². The summed E-state index contributed by atoms with van der Waals surface area (Å²) in [5, 5.41) is 7.54. The van der Waals surface area contributed by atoms with Crippen LogP contribution < -0.4 is 25.3 Å². The summed E-state index contributed by atoms with van der Waals surface area (Å²) in [4.78, 5) is 22.9. The van der Waals surface area contributed by atoms with E-state index in [4.69, 9.17) is 29.9 Å². The Labute approximate surface area is 225 Å². The molecule has 1 amide bonds. The maximum absolute atomic E-state index is 13.4. The maximum atomic E-state index is 13.4. The van der Waals surface area contributed by atoms with E-state index in [1.807, 2.05) is 60.7 Å². The first-order chi connectivity index (χ1) is 19.0. The number of nitrogen functional groups attached to an aromatic ring is 1. The monoisotopic (exact) mass is 524 g/mol. The van der Waals surface area contributed by atoms with Crippen molar-refractivity contribution < 1.29 is 19.0 Å². The minimum absolute atomic E-state index is 0.125. The van der Waals surface area contributed by atoms with E-state index in [0.29, 0.717) is 52.2 Å². The molecule has 3 N–H and O–H groups in total. The minimum Gasteiger partial charge on any atom is -0.497 e. The number of benzene rings is 3. The Morgan fingerprint density at radius 3 is 2.38 bits per heavy atom. The van der Waals surface area contributed by atoms with Crippen molar-refractivity contribution in [2.75, 3.05) is 33.6 Å². The molecule has 5 aromatic rings. The molecular weight excluding hydrogens is 496 g/mol. The summed E-state index contributed by atoms with van der Waals surface area (Å²) in [6, 6.07) is 20.6. The molecule has 0 aliphatic heterocycles. The molecule has 0 atom stereocenters. The Kier molecular flexibility index (Phi) is 7.26. The van der Waals surface area contributed by atoms with Crippen LogP contribution in [0.4, 0.5) is 5.82 Å². The number of para-hydroxylation sites is 3. The Morgan fingerprint density at radius 1 is 0.949 bits per heavy atom. The molecule has 10 nitrogen and oxygen atoms in total. The molecule has 3 aromatic carbocycles. The third-order valence-corrected chi connectivity index (χ3v) is 6.30. The number of amides is 1. The molecule has 198 valence electrons. The van der Waals surface area contributed by atoms with Crippen LogP contribution in [-0.2, 0) is 6.42 Å². The second kappa shape index (κ2) is 11.1. The predicted molar refractivity (Wildman–Crippen MR) is 151 cm³/mol. The largest absolute Gasteiger partial charge is 0.497 e. The van der Waals surface area contributed by atoms with Gasteiger partial charge in [-0.15, -0.1) is 0 Å². The second-order valence-electron chi connectivity index (χ2n) is 8.64. The van der Waals surface area contributed by atoms with E-state index in [2.05, 4.69) is 10.4 Å². The first kappa shape index (κ1) is 25.5. The van der Waals surface area contributed by atoms with Gasteiger partial charge >= 0.3 is 0 Å². The highest BCUT2D eigenvalue weighted by atomic mass is 16.5. The third kappa shape index (κ3) is 5.04. The number of fused-ring (bicyclic) bond motifs is 2. The fraction of sp³-hybridized carbons (Fsp3) is 0.172. The highest BCUT2D eigenvalue weighted by molar-refractivity contribution is 6.10. The van der Waals surface area contributed by atoms with Gasteiger partial charge in [0.15, 0.2) is 17.1 Å². The van der Waals surface area contributed by atoms with Gasteiger partial charge in [0, 0.05) is 12.1 Å². The van der Waals surface area contributed by atoms with Crippen molar-refractivity contribution in [3.63, 3.8) is 0 Å². The first-order valence-corrected chi connectivity index (χ1v) is 12.3. The maximum Gasteiger partial charge on any atom is 0.257 e.